The Morgan fingerprint density at radius 1 is 1.40 bits per heavy atom. The van der Waals surface area contributed by atoms with Gasteiger partial charge in [-0.2, -0.15) is 0 Å². The molecule has 1 atom stereocenters. The number of carbonyl (C=O) groups is 1. The first kappa shape index (κ1) is 15.7. The maximum atomic E-state index is 12.1. The summed E-state index contributed by atoms with van der Waals surface area (Å²) < 4.78 is 5.64. The van der Waals surface area contributed by atoms with E-state index in [9.17, 15) is 9.90 Å². The molecule has 0 aliphatic carbocycles. The second-order valence-electron chi connectivity index (χ2n) is 6.22. The minimum atomic E-state index is -0.618. The Bertz CT molecular complexity index is 308. The lowest BCUT2D eigenvalue weighted by Crippen LogP contribution is -2.49. The Balaban J connectivity index is 1.59. The zero-order chi connectivity index (χ0) is 14.4. The van der Waals surface area contributed by atoms with Crippen LogP contribution in [0.2, 0.25) is 0 Å². The van der Waals surface area contributed by atoms with Crippen LogP contribution in [0.5, 0.6) is 0 Å². The van der Waals surface area contributed by atoms with Gasteiger partial charge in [0, 0.05) is 26.2 Å². The van der Waals surface area contributed by atoms with E-state index in [0.717, 1.165) is 58.2 Å². The topological polar surface area (TPSA) is 61.8 Å². The van der Waals surface area contributed by atoms with E-state index in [2.05, 4.69) is 10.2 Å². The zero-order valence-corrected chi connectivity index (χ0v) is 12.6. The Morgan fingerprint density at radius 3 is 2.80 bits per heavy atom. The third kappa shape index (κ3) is 4.43. The number of carbonyl (C=O) groups excluding carboxylic acids is 1. The number of hydrogen-bond donors (Lipinski definition) is 2. The Hall–Kier alpha value is -0.650. The van der Waals surface area contributed by atoms with Crippen molar-refractivity contribution < 1.29 is 14.6 Å². The van der Waals surface area contributed by atoms with Gasteiger partial charge in [-0.1, -0.05) is 0 Å². The summed E-state index contributed by atoms with van der Waals surface area (Å²) in [6.45, 7) is 6.22. The van der Waals surface area contributed by atoms with E-state index in [1.54, 1.807) is 0 Å². The third-order valence-electron chi connectivity index (χ3n) is 4.44. The molecule has 0 aromatic heterocycles. The predicted octanol–water partition coefficient (Wildman–Crippen LogP) is 0.909. The fourth-order valence-corrected chi connectivity index (χ4v) is 2.95. The number of nitrogens with one attached hydrogen (secondary N) is 1. The van der Waals surface area contributed by atoms with Crippen LogP contribution in [0.3, 0.4) is 0 Å². The first-order valence-electron chi connectivity index (χ1n) is 7.93. The lowest BCUT2D eigenvalue weighted by Gasteiger charge is -2.32. The molecule has 2 rings (SSSR count). The average molecular weight is 284 g/mol. The molecule has 0 spiro atoms. The van der Waals surface area contributed by atoms with E-state index in [4.69, 9.17) is 4.74 Å². The van der Waals surface area contributed by atoms with Crippen LogP contribution >= 0.6 is 0 Å². The van der Waals surface area contributed by atoms with E-state index in [0.29, 0.717) is 13.2 Å². The van der Waals surface area contributed by atoms with Crippen LogP contribution in [-0.2, 0) is 9.53 Å². The van der Waals surface area contributed by atoms with Crippen molar-refractivity contribution >= 4 is 5.91 Å². The minimum Gasteiger partial charge on any atom is -0.393 e. The van der Waals surface area contributed by atoms with Gasteiger partial charge in [-0.3, -0.25) is 4.79 Å². The number of hydrogen-bond acceptors (Lipinski definition) is 4. The second-order valence-corrected chi connectivity index (χ2v) is 6.22. The maximum absolute atomic E-state index is 12.1. The van der Waals surface area contributed by atoms with Gasteiger partial charge < -0.3 is 20.1 Å². The number of aliphatic hydroxyl groups is 1. The standard InChI is InChI=1S/C15H28N2O3/c1-15(7-2-3-12-20-15)14(19)16-8-4-9-17-10-5-13(18)6-11-17/h13,18H,2-12H2,1H3,(H,16,19)/t15-/m1/s1. The smallest absolute Gasteiger partial charge is 0.251 e. The molecule has 2 aliphatic rings. The molecule has 0 aromatic rings. The van der Waals surface area contributed by atoms with Crippen LogP contribution in [0.1, 0.15) is 45.4 Å². The molecule has 1 amide bonds. The van der Waals surface area contributed by atoms with Gasteiger partial charge in [0.2, 0.25) is 0 Å². The highest BCUT2D eigenvalue weighted by Gasteiger charge is 2.35. The molecule has 2 aliphatic heterocycles. The summed E-state index contributed by atoms with van der Waals surface area (Å²) in [5, 5.41) is 12.4. The summed E-state index contributed by atoms with van der Waals surface area (Å²) in [7, 11) is 0. The molecule has 116 valence electrons. The van der Waals surface area contributed by atoms with Gasteiger partial charge in [-0.15, -0.1) is 0 Å². The number of aliphatic hydroxyl groups excluding tert-OH is 1. The molecule has 0 saturated carbocycles. The van der Waals surface area contributed by atoms with Crippen LogP contribution < -0.4 is 5.32 Å². The molecule has 0 aromatic carbocycles. The third-order valence-corrected chi connectivity index (χ3v) is 4.44. The van der Waals surface area contributed by atoms with Gasteiger partial charge in [0.25, 0.3) is 5.91 Å². The summed E-state index contributed by atoms with van der Waals surface area (Å²) in [6.07, 6.45) is 5.54. The van der Waals surface area contributed by atoms with Crippen LogP contribution in [-0.4, -0.2) is 60.4 Å². The Kier molecular flexibility index (Phi) is 5.81. The highest BCUT2D eigenvalue weighted by Crippen LogP contribution is 2.24. The maximum Gasteiger partial charge on any atom is 0.251 e. The molecular formula is C15H28N2O3. The number of ether oxygens (including phenoxy) is 1. The van der Waals surface area contributed by atoms with Crippen LogP contribution in [0.25, 0.3) is 0 Å². The van der Waals surface area contributed by atoms with Crippen molar-refractivity contribution in [2.75, 3.05) is 32.8 Å². The number of likely N-dealkylation sites (tertiary alicyclic amines) is 1. The van der Waals surface area contributed by atoms with Crippen molar-refractivity contribution in [3.8, 4) is 0 Å². The van der Waals surface area contributed by atoms with Crippen molar-refractivity contribution in [2.45, 2.75) is 57.2 Å². The minimum absolute atomic E-state index is 0.0336. The van der Waals surface area contributed by atoms with E-state index >= 15 is 0 Å². The van der Waals surface area contributed by atoms with E-state index in [1.807, 2.05) is 6.92 Å². The molecule has 0 bridgehead atoms. The highest BCUT2D eigenvalue weighted by atomic mass is 16.5. The normalized spacial score (nSPS) is 29.3. The number of nitrogens with zero attached hydrogens (tertiary/aromatic N) is 1. The average Bonchev–Trinajstić information content (AvgIpc) is 2.46. The predicted molar refractivity (Wildman–Crippen MR) is 77.5 cm³/mol. The molecule has 0 unspecified atom stereocenters. The van der Waals surface area contributed by atoms with Crippen molar-refractivity contribution in [1.82, 2.24) is 10.2 Å². The second kappa shape index (κ2) is 7.38. The first-order chi connectivity index (χ1) is 9.60. The van der Waals surface area contributed by atoms with Crippen molar-refractivity contribution in [3.63, 3.8) is 0 Å². The molecule has 5 heteroatoms. The van der Waals surface area contributed by atoms with Crippen LogP contribution in [0, 0.1) is 0 Å². The monoisotopic (exact) mass is 284 g/mol. The van der Waals surface area contributed by atoms with Gasteiger partial charge in [-0.05, 0) is 52.0 Å². The quantitative estimate of drug-likeness (QED) is 0.737. The molecule has 2 heterocycles. The van der Waals surface area contributed by atoms with Gasteiger partial charge in [0.15, 0.2) is 0 Å². The lowest BCUT2D eigenvalue weighted by molar-refractivity contribution is -0.150. The first-order valence-corrected chi connectivity index (χ1v) is 7.93. The summed E-state index contributed by atoms with van der Waals surface area (Å²) in [5.74, 6) is 0.0336. The molecule has 5 nitrogen and oxygen atoms in total. The molecule has 2 saturated heterocycles. The Labute approximate surface area is 121 Å². The summed E-state index contributed by atoms with van der Waals surface area (Å²) in [6, 6.07) is 0. The molecule has 20 heavy (non-hydrogen) atoms. The number of rotatable bonds is 5. The van der Waals surface area contributed by atoms with Crippen molar-refractivity contribution in [1.29, 1.82) is 0 Å². The fraction of sp³-hybridized carbons (Fsp3) is 0.933. The SMILES string of the molecule is C[C@]1(C(=O)NCCCN2CCC(O)CC2)CCCCO1. The number of amides is 1. The Morgan fingerprint density at radius 2 is 2.15 bits per heavy atom. The van der Waals surface area contributed by atoms with Gasteiger partial charge in [0.05, 0.1) is 6.10 Å². The molecule has 2 fully saturated rings. The van der Waals surface area contributed by atoms with Gasteiger partial charge in [-0.25, -0.2) is 0 Å². The fourth-order valence-electron chi connectivity index (χ4n) is 2.95. The lowest BCUT2D eigenvalue weighted by atomic mass is 9.95. The van der Waals surface area contributed by atoms with Gasteiger partial charge in [0.1, 0.15) is 5.60 Å². The van der Waals surface area contributed by atoms with Gasteiger partial charge >= 0.3 is 0 Å². The summed E-state index contributed by atoms with van der Waals surface area (Å²) >= 11 is 0. The molecule has 0 radical (unpaired) electrons. The van der Waals surface area contributed by atoms with E-state index < -0.39 is 5.60 Å². The summed E-state index contributed by atoms with van der Waals surface area (Å²) in [5.41, 5.74) is -0.618. The zero-order valence-electron chi connectivity index (χ0n) is 12.6. The van der Waals surface area contributed by atoms with Crippen LogP contribution in [0.4, 0.5) is 0 Å². The summed E-state index contributed by atoms with van der Waals surface area (Å²) in [4.78, 5) is 14.5. The largest absolute Gasteiger partial charge is 0.393 e. The molecular weight excluding hydrogens is 256 g/mol. The molecule has 2 N–H and O–H groups in total. The van der Waals surface area contributed by atoms with Crippen molar-refractivity contribution in [3.05, 3.63) is 0 Å². The van der Waals surface area contributed by atoms with E-state index in [1.165, 1.54) is 0 Å². The number of piperidine rings is 1. The highest BCUT2D eigenvalue weighted by molar-refractivity contribution is 5.84. The van der Waals surface area contributed by atoms with E-state index in [-0.39, 0.29) is 12.0 Å². The van der Waals surface area contributed by atoms with Crippen molar-refractivity contribution in [2.24, 2.45) is 0 Å². The van der Waals surface area contributed by atoms with Crippen LogP contribution in [0.15, 0.2) is 0 Å².